The van der Waals surface area contributed by atoms with Crippen LogP contribution in [0, 0.1) is 5.92 Å². The molecule has 2 rings (SSSR count). The van der Waals surface area contributed by atoms with Gasteiger partial charge in [-0.05, 0) is 18.8 Å². The van der Waals surface area contributed by atoms with Gasteiger partial charge in [0, 0.05) is 0 Å². The van der Waals surface area contributed by atoms with Gasteiger partial charge in [-0.2, -0.15) is 17.6 Å². The molecule has 0 amide bonds. The van der Waals surface area contributed by atoms with Gasteiger partial charge in [0.25, 0.3) is 0 Å². The number of carbonyl (C=O) groups is 1. The van der Waals surface area contributed by atoms with Crippen molar-refractivity contribution in [1.29, 1.82) is 0 Å². The fourth-order valence-electron chi connectivity index (χ4n) is 3.03. The molecule has 19 heavy (non-hydrogen) atoms. The molecular weight excluding hydrogens is 264 g/mol. The zero-order chi connectivity index (χ0) is 14.3. The number of nitrogens with two attached hydrogens (primary N) is 1. The molecule has 1 aliphatic heterocycles. The predicted molar refractivity (Wildman–Crippen MR) is 61.0 cm³/mol. The van der Waals surface area contributed by atoms with E-state index >= 15 is 0 Å². The monoisotopic (exact) mass is 282 g/mol. The lowest BCUT2D eigenvalue weighted by molar-refractivity contribution is -0.172. The molecule has 2 fully saturated rings. The SMILES string of the molecule is N[C@@](C=O)(C1CCCCC1)N1CC(F)(F)C(F)(F)C1. The van der Waals surface area contributed by atoms with E-state index in [1.165, 1.54) is 0 Å². The summed E-state index contributed by atoms with van der Waals surface area (Å²) in [6.07, 6.45) is 4.28. The lowest BCUT2D eigenvalue weighted by Gasteiger charge is -2.41. The molecule has 2 N–H and O–H groups in total. The predicted octanol–water partition coefficient (Wildman–Crippen LogP) is 2.01. The normalized spacial score (nSPS) is 31.0. The summed E-state index contributed by atoms with van der Waals surface area (Å²) in [6.45, 7) is -2.32. The zero-order valence-electron chi connectivity index (χ0n) is 10.5. The quantitative estimate of drug-likeness (QED) is 0.636. The molecule has 1 heterocycles. The van der Waals surface area contributed by atoms with E-state index in [1.807, 2.05) is 0 Å². The van der Waals surface area contributed by atoms with Gasteiger partial charge in [-0.1, -0.05) is 19.3 Å². The summed E-state index contributed by atoms with van der Waals surface area (Å²) in [4.78, 5) is 12.0. The van der Waals surface area contributed by atoms with Gasteiger partial charge in [-0.25, -0.2) is 0 Å². The molecule has 0 radical (unpaired) electrons. The molecule has 0 spiro atoms. The minimum Gasteiger partial charge on any atom is -0.307 e. The van der Waals surface area contributed by atoms with Crippen molar-refractivity contribution in [1.82, 2.24) is 4.90 Å². The minimum absolute atomic E-state index is 0.330. The van der Waals surface area contributed by atoms with Crippen molar-refractivity contribution in [3.05, 3.63) is 0 Å². The smallest absolute Gasteiger partial charge is 0.307 e. The number of likely N-dealkylation sites (tertiary alicyclic amines) is 1. The Morgan fingerprint density at radius 3 is 1.95 bits per heavy atom. The number of hydrogen-bond donors (Lipinski definition) is 1. The summed E-state index contributed by atoms with van der Waals surface area (Å²) in [7, 11) is 0. The Morgan fingerprint density at radius 2 is 1.53 bits per heavy atom. The maximum atomic E-state index is 13.2. The number of halogens is 4. The van der Waals surface area contributed by atoms with Gasteiger partial charge in [-0.3, -0.25) is 9.69 Å². The fraction of sp³-hybridized carbons (Fsp3) is 0.917. The number of rotatable bonds is 3. The maximum absolute atomic E-state index is 13.2. The van der Waals surface area contributed by atoms with E-state index in [-0.39, 0.29) is 5.92 Å². The van der Waals surface area contributed by atoms with Crippen LogP contribution in [0.5, 0.6) is 0 Å². The van der Waals surface area contributed by atoms with Crippen molar-refractivity contribution in [2.24, 2.45) is 11.7 Å². The van der Waals surface area contributed by atoms with Gasteiger partial charge < -0.3 is 5.73 Å². The van der Waals surface area contributed by atoms with Crippen LogP contribution in [-0.2, 0) is 4.79 Å². The summed E-state index contributed by atoms with van der Waals surface area (Å²) < 4.78 is 53.0. The molecular formula is C12H18F4N2O. The third kappa shape index (κ3) is 2.38. The summed E-state index contributed by atoms with van der Waals surface area (Å²) in [5.41, 5.74) is 4.21. The minimum atomic E-state index is -4.13. The molecule has 0 aromatic rings. The van der Waals surface area contributed by atoms with Crippen LogP contribution in [0.1, 0.15) is 32.1 Å². The first-order chi connectivity index (χ1) is 8.73. The lowest BCUT2D eigenvalue weighted by Crippen LogP contribution is -2.62. The molecule has 2 aliphatic rings. The second kappa shape index (κ2) is 4.70. The fourth-order valence-corrected chi connectivity index (χ4v) is 3.03. The average Bonchev–Trinajstić information content (AvgIpc) is 2.59. The molecule has 0 bridgehead atoms. The second-order valence-electron chi connectivity index (χ2n) is 5.61. The van der Waals surface area contributed by atoms with Crippen LogP contribution >= 0.6 is 0 Å². The van der Waals surface area contributed by atoms with Crippen LogP contribution in [0.15, 0.2) is 0 Å². The van der Waals surface area contributed by atoms with E-state index in [9.17, 15) is 22.4 Å². The standard InChI is InChI=1S/C12H18F4N2O/c13-11(14)6-18(7-12(11,15)16)10(17,8-19)9-4-2-1-3-5-9/h8-9H,1-7,17H2/t10-/m1/s1. The van der Waals surface area contributed by atoms with Crippen molar-refractivity contribution in [3.63, 3.8) is 0 Å². The lowest BCUT2D eigenvalue weighted by atomic mass is 9.80. The van der Waals surface area contributed by atoms with Gasteiger partial charge in [0.05, 0.1) is 13.1 Å². The summed E-state index contributed by atoms with van der Waals surface area (Å²) in [6, 6.07) is 0. The van der Waals surface area contributed by atoms with Gasteiger partial charge in [0.1, 0.15) is 5.66 Å². The van der Waals surface area contributed by atoms with Gasteiger partial charge in [0.2, 0.25) is 0 Å². The summed E-state index contributed by atoms with van der Waals surface area (Å²) >= 11 is 0. The van der Waals surface area contributed by atoms with Gasteiger partial charge >= 0.3 is 11.8 Å². The summed E-state index contributed by atoms with van der Waals surface area (Å²) in [5, 5.41) is 0. The Bertz CT molecular complexity index is 342. The molecule has 1 atom stereocenters. The van der Waals surface area contributed by atoms with Crippen molar-refractivity contribution < 1.29 is 22.4 Å². The van der Waals surface area contributed by atoms with Crippen LogP contribution in [0.4, 0.5) is 17.6 Å². The molecule has 1 aliphatic carbocycles. The van der Waals surface area contributed by atoms with Crippen molar-refractivity contribution in [2.45, 2.75) is 49.6 Å². The van der Waals surface area contributed by atoms with E-state index in [0.717, 1.165) is 24.2 Å². The highest BCUT2D eigenvalue weighted by Crippen LogP contribution is 2.44. The first kappa shape index (κ1) is 14.7. The summed E-state index contributed by atoms with van der Waals surface area (Å²) in [5.74, 6) is -8.59. The second-order valence-corrected chi connectivity index (χ2v) is 5.61. The number of hydrogen-bond acceptors (Lipinski definition) is 3. The van der Waals surface area contributed by atoms with Crippen LogP contribution in [0.3, 0.4) is 0 Å². The van der Waals surface area contributed by atoms with Crippen LogP contribution in [-0.4, -0.2) is 41.8 Å². The molecule has 1 saturated carbocycles. The number of nitrogens with zero attached hydrogens (tertiary/aromatic N) is 1. The molecule has 3 nitrogen and oxygen atoms in total. The molecule has 7 heteroatoms. The molecule has 110 valence electrons. The van der Waals surface area contributed by atoms with Gasteiger partial charge in [0.15, 0.2) is 6.29 Å². The number of carbonyl (C=O) groups excluding carboxylic acids is 1. The van der Waals surface area contributed by atoms with E-state index in [0.29, 0.717) is 19.1 Å². The van der Waals surface area contributed by atoms with Crippen LogP contribution in [0.2, 0.25) is 0 Å². The van der Waals surface area contributed by atoms with Gasteiger partial charge in [-0.15, -0.1) is 0 Å². The molecule has 0 aromatic carbocycles. The first-order valence-corrected chi connectivity index (χ1v) is 6.49. The van der Waals surface area contributed by atoms with E-state index < -0.39 is 30.6 Å². The number of alkyl halides is 4. The molecule has 0 aromatic heterocycles. The van der Waals surface area contributed by atoms with Crippen molar-refractivity contribution >= 4 is 6.29 Å². The zero-order valence-corrected chi connectivity index (χ0v) is 10.5. The van der Waals surface area contributed by atoms with Crippen molar-refractivity contribution in [3.8, 4) is 0 Å². The topological polar surface area (TPSA) is 46.3 Å². The third-order valence-electron chi connectivity index (χ3n) is 4.31. The van der Waals surface area contributed by atoms with Crippen molar-refractivity contribution in [2.75, 3.05) is 13.1 Å². The Morgan fingerprint density at radius 1 is 1.05 bits per heavy atom. The average molecular weight is 282 g/mol. The maximum Gasteiger partial charge on any atom is 0.323 e. The Kier molecular flexibility index (Phi) is 3.64. The highest BCUT2D eigenvalue weighted by atomic mass is 19.3. The van der Waals surface area contributed by atoms with Crippen LogP contribution in [0.25, 0.3) is 0 Å². The van der Waals surface area contributed by atoms with E-state index in [1.54, 1.807) is 0 Å². The molecule has 1 saturated heterocycles. The highest BCUT2D eigenvalue weighted by molar-refractivity contribution is 5.64. The van der Waals surface area contributed by atoms with E-state index in [4.69, 9.17) is 5.73 Å². The third-order valence-corrected chi connectivity index (χ3v) is 4.31. The van der Waals surface area contributed by atoms with E-state index in [2.05, 4.69) is 0 Å². The Labute approximate surface area is 109 Å². The Balaban J connectivity index is 2.20. The largest absolute Gasteiger partial charge is 0.323 e. The first-order valence-electron chi connectivity index (χ1n) is 6.49. The highest BCUT2D eigenvalue weighted by Gasteiger charge is 2.66. The van der Waals surface area contributed by atoms with Crippen LogP contribution < -0.4 is 5.73 Å². The number of aldehydes is 1. The Hall–Kier alpha value is -0.690. The molecule has 0 unspecified atom stereocenters.